The molecule has 2 amide bonds. The van der Waals surface area contributed by atoms with Crippen molar-refractivity contribution in [2.24, 2.45) is 5.92 Å². The van der Waals surface area contributed by atoms with Gasteiger partial charge in [-0.1, -0.05) is 74.5 Å². The number of para-hydroxylation sites is 1. The van der Waals surface area contributed by atoms with Crippen molar-refractivity contribution in [2.45, 2.75) is 45.2 Å². The average molecular weight is 614 g/mol. The Bertz CT molecular complexity index is 1640. The largest absolute Gasteiger partial charge is 0.457 e. The second-order valence-electron chi connectivity index (χ2n) is 11.0. The van der Waals surface area contributed by atoms with E-state index in [0.717, 1.165) is 15.4 Å². The van der Waals surface area contributed by atoms with Gasteiger partial charge in [0.15, 0.2) is 0 Å². The van der Waals surface area contributed by atoms with Crippen molar-refractivity contribution in [2.75, 3.05) is 17.4 Å². The summed E-state index contributed by atoms with van der Waals surface area (Å²) >= 11 is 0. The molecule has 1 unspecified atom stereocenters. The van der Waals surface area contributed by atoms with Gasteiger partial charge in [-0.3, -0.25) is 13.9 Å². The third-order valence-electron chi connectivity index (χ3n) is 7.17. The standard InChI is InChI=1S/C35H39N3O5S/c1-26(2)23-36-35(40)28(4)37(24-29-14-12-11-13-27(29)3)34(39)25-38(44(41,42)33-17-9-6-10-18-33)30-19-21-32(22-20-30)43-31-15-7-5-8-16-31/h5-22,26,28H,23-25H2,1-4H3,(H,36,40). The third kappa shape index (κ3) is 8.26. The number of amides is 2. The lowest BCUT2D eigenvalue weighted by Gasteiger charge is -2.32. The van der Waals surface area contributed by atoms with E-state index < -0.39 is 28.5 Å². The molecule has 0 aliphatic heterocycles. The number of carbonyl (C=O) groups is 2. The van der Waals surface area contributed by atoms with Crippen LogP contribution >= 0.6 is 0 Å². The predicted molar refractivity (Wildman–Crippen MR) is 173 cm³/mol. The van der Waals surface area contributed by atoms with E-state index in [-0.39, 0.29) is 29.0 Å². The van der Waals surface area contributed by atoms with E-state index in [0.29, 0.717) is 18.0 Å². The molecule has 9 heteroatoms. The first-order chi connectivity index (χ1) is 21.1. The Hall–Kier alpha value is -4.63. The van der Waals surface area contributed by atoms with E-state index in [1.54, 1.807) is 49.4 Å². The van der Waals surface area contributed by atoms with Crippen LogP contribution in [0.2, 0.25) is 0 Å². The normalized spacial score (nSPS) is 11.9. The molecule has 4 aromatic carbocycles. The minimum atomic E-state index is -4.16. The molecule has 0 aliphatic carbocycles. The minimum absolute atomic E-state index is 0.0468. The summed E-state index contributed by atoms with van der Waals surface area (Å²) < 4.78 is 35.0. The van der Waals surface area contributed by atoms with E-state index in [2.05, 4.69) is 5.32 Å². The van der Waals surface area contributed by atoms with Crippen molar-refractivity contribution in [3.05, 3.63) is 120 Å². The van der Waals surface area contributed by atoms with Gasteiger partial charge in [-0.2, -0.15) is 0 Å². The van der Waals surface area contributed by atoms with E-state index in [4.69, 9.17) is 4.74 Å². The number of nitrogens with one attached hydrogen (secondary N) is 1. The Balaban J connectivity index is 1.69. The summed E-state index contributed by atoms with van der Waals surface area (Å²) in [6, 6.07) is 30.5. The Morgan fingerprint density at radius 1 is 0.773 bits per heavy atom. The minimum Gasteiger partial charge on any atom is -0.457 e. The van der Waals surface area contributed by atoms with Crippen LogP contribution < -0.4 is 14.4 Å². The number of hydrogen-bond acceptors (Lipinski definition) is 5. The highest BCUT2D eigenvalue weighted by atomic mass is 32.2. The number of sulfonamides is 1. The van der Waals surface area contributed by atoms with Crippen molar-refractivity contribution in [1.29, 1.82) is 0 Å². The molecular formula is C35H39N3O5S. The van der Waals surface area contributed by atoms with Crippen LogP contribution in [0.25, 0.3) is 0 Å². The van der Waals surface area contributed by atoms with Crippen LogP contribution in [0.1, 0.15) is 31.9 Å². The fourth-order valence-corrected chi connectivity index (χ4v) is 5.99. The summed E-state index contributed by atoms with van der Waals surface area (Å²) in [5.41, 5.74) is 2.11. The topological polar surface area (TPSA) is 96.0 Å². The molecule has 0 radical (unpaired) electrons. The molecule has 230 valence electrons. The molecule has 8 nitrogen and oxygen atoms in total. The molecule has 4 aromatic rings. The maximum absolute atomic E-state index is 14.1. The zero-order valence-electron chi connectivity index (χ0n) is 25.5. The van der Waals surface area contributed by atoms with Crippen LogP contribution in [0, 0.1) is 12.8 Å². The summed E-state index contributed by atoms with van der Waals surface area (Å²) in [5.74, 6) is 0.567. The van der Waals surface area contributed by atoms with Crippen LogP contribution in [-0.4, -0.2) is 44.3 Å². The van der Waals surface area contributed by atoms with Gasteiger partial charge in [0.2, 0.25) is 11.8 Å². The van der Waals surface area contributed by atoms with Gasteiger partial charge in [0.25, 0.3) is 10.0 Å². The van der Waals surface area contributed by atoms with Crippen molar-refractivity contribution in [3.8, 4) is 11.5 Å². The molecule has 1 N–H and O–H groups in total. The molecule has 1 atom stereocenters. The lowest BCUT2D eigenvalue weighted by atomic mass is 10.1. The maximum Gasteiger partial charge on any atom is 0.264 e. The van der Waals surface area contributed by atoms with Gasteiger partial charge in [0.1, 0.15) is 24.1 Å². The average Bonchev–Trinajstić information content (AvgIpc) is 3.03. The second kappa shape index (κ2) is 14.7. The van der Waals surface area contributed by atoms with E-state index >= 15 is 0 Å². The van der Waals surface area contributed by atoms with E-state index in [1.807, 2.05) is 75.4 Å². The van der Waals surface area contributed by atoms with Crippen molar-refractivity contribution >= 4 is 27.5 Å². The summed E-state index contributed by atoms with van der Waals surface area (Å²) in [4.78, 5) is 28.8. The Labute approximate surface area is 260 Å². The molecule has 0 aliphatic rings. The predicted octanol–water partition coefficient (Wildman–Crippen LogP) is 6.17. The van der Waals surface area contributed by atoms with E-state index in [1.165, 1.54) is 17.0 Å². The maximum atomic E-state index is 14.1. The highest BCUT2D eigenvalue weighted by molar-refractivity contribution is 7.92. The first kappa shape index (κ1) is 32.3. The van der Waals surface area contributed by atoms with Gasteiger partial charge >= 0.3 is 0 Å². The van der Waals surface area contributed by atoms with Crippen LogP contribution in [0.3, 0.4) is 0 Å². The summed E-state index contributed by atoms with van der Waals surface area (Å²) in [5, 5.41) is 2.91. The van der Waals surface area contributed by atoms with Gasteiger partial charge in [-0.15, -0.1) is 0 Å². The molecule has 0 aromatic heterocycles. The zero-order valence-corrected chi connectivity index (χ0v) is 26.3. The fraction of sp³-hybridized carbons (Fsp3) is 0.257. The van der Waals surface area contributed by atoms with Crippen LogP contribution in [0.4, 0.5) is 5.69 Å². The van der Waals surface area contributed by atoms with Crippen LogP contribution in [-0.2, 0) is 26.2 Å². The SMILES string of the molecule is Cc1ccccc1CN(C(=O)CN(c1ccc(Oc2ccccc2)cc1)S(=O)(=O)c1ccccc1)C(C)C(=O)NCC(C)C. The number of benzene rings is 4. The van der Waals surface area contributed by atoms with Crippen molar-refractivity contribution in [1.82, 2.24) is 10.2 Å². The summed E-state index contributed by atoms with van der Waals surface area (Å²) in [6.07, 6.45) is 0. The molecule has 0 saturated heterocycles. The van der Waals surface area contributed by atoms with Crippen molar-refractivity contribution < 1.29 is 22.7 Å². The fourth-order valence-electron chi connectivity index (χ4n) is 4.56. The molecule has 0 heterocycles. The van der Waals surface area contributed by atoms with Gasteiger partial charge in [-0.05, 0) is 79.4 Å². The van der Waals surface area contributed by atoms with E-state index in [9.17, 15) is 18.0 Å². The number of nitrogens with zero attached hydrogens (tertiary/aromatic N) is 2. The number of anilines is 1. The van der Waals surface area contributed by atoms with Crippen LogP contribution in [0.15, 0.2) is 114 Å². The molecule has 0 fully saturated rings. The van der Waals surface area contributed by atoms with Crippen LogP contribution in [0.5, 0.6) is 11.5 Å². The Morgan fingerprint density at radius 3 is 1.95 bits per heavy atom. The summed E-state index contributed by atoms with van der Waals surface area (Å²) in [6.45, 7) is 7.67. The Morgan fingerprint density at radius 2 is 1.34 bits per heavy atom. The first-order valence-electron chi connectivity index (χ1n) is 14.6. The molecule has 44 heavy (non-hydrogen) atoms. The zero-order chi connectivity index (χ0) is 31.7. The number of hydrogen-bond donors (Lipinski definition) is 1. The monoisotopic (exact) mass is 613 g/mol. The number of ether oxygens (including phenoxy) is 1. The number of rotatable bonds is 13. The lowest BCUT2D eigenvalue weighted by Crippen LogP contribution is -2.51. The summed E-state index contributed by atoms with van der Waals surface area (Å²) in [7, 11) is -4.16. The lowest BCUT2D eigenvalue weighted by molar-refractivity contribution is -0.139. The first-order valence-corrected chi connectivity index (χ1v) is 16.0. The van der Waals surface area contributed by atoms with Gasteiger partial charge in [0.05, 0.1) is 10.6 Å². The van der Waals surface area contributed by atoms with Gasteiger partial charge in [-0.25, -0.2) is 8.42 Å². The van der Waals surface area contributed by atoms with Gasteiger partial charge in [0, 0.05) is 13.1 Å². The molecule has 0 bridgehead atoms. The molecular weight excluding hydrogens is 574 g/mol. The molecule has 0 saturated carbocycles. The van der Waals surface area contributed by atoms with Gasteiger partial charge < -0.3 is 15.0 Å². The second-order valence-corrected chi connectivity index (χ2v) is 12.9. The quantitative estimate of drug-likeness (QED) is 0.195. The Kier molecular flexibility index (Phi) is 10.8. The number of carbonyl (C=O) groups excluding carboxylic acids is 2. The smallest absolute Gasteiger partial charge is 0.264 e. The third-order valence-corrected chi connectivity index (χ3v) is 8.96. The highest BCUT2D eigenvalue weighted by Crippen LogP contribution is 2.28. The highest BCUT2D eigenvalue weighted by Gasteiger charge is 2.32. The molecule has 0 spiro atoms. The van der Waals surface area contributed by atoms with Crippen molar-refractivity contribution in [3.63, 3.8) is 0 Å². The number of aryl methyl sites for hydroxylation is 1. The molecule has 4 rings (SSSR count).